The molecule has 1 nitrogen and oxygen atoms in total. The van der Waals surface area contributed by atoms with Crippen molar-refractivity contribution in [1.29, 1.82) is 0 Å². The van der Waals surface area contributed by atoms with E-state index in [1.807, 2.05) is 0 Å². The van der Waals surface area contributed by atoms with Gasteiger partial charge in [-0.1, -0.05) is 61.4 Å². The van der Waals surface area contributed by atoms with Crippen LogP contribution in [-0.4, -0.2) is 0 Å². The summed E-state index contributed by atoms with van der Waals surface area (Å²) >= 11 is 0. The van der Waals surface area contributed by atoms with Gasteiger partial charge in [-0.3, -0.25) is 0 Å². The van der Waals surface area contributed by atoms with Gasteiger partial charge in [0.1, 0.15) is 0 Å². The van der Waals surface area contributed by atoms with Crippen LogP contribution in [0.5, 0.6) is 0 Å². The summed E-state index contributed by atoms with van der Waals surface area (Å²) in [5, 5.41) is 0. The van der Waals surface area contributed by atoms with E-state index in [0.29, 0.717) is 0 Å². The maximum Gasteiger partial charge on any atom is 0.0461 e. The highest BCUT2D eigenvalue weighted by atomic mass is 15.1. The Bertz CT molecular complexity index is 789. The third-order valence-corrected chi connectivity index (χ3v) is 4.76. The van der Waals surface area contributed by atoms with E-state index in [1.54, 1.807) is 0 Å². The molecule has 0 aromatic heterocycles. The molecule has 0 atom stereocenters. The Morgan fingerprint density at radius 3 is 1.67 bits per heavy atom. The minimum Gasteiger partial charge on any atom is -0.311 e. The summed E-state index contributed by atoms with van der Waals surface area (Å²) in [6.45, 7) is 0. The normalized spacial score (nSPS) is 10.3. The van der Waals surface area contributed by atoms with Gasteiger partial charge in [0.2, 0.25) is 0 Å². The lowest BCUT2D eigenvalue weighted by Gasteiger charge is -2.25. The summed E-state index contributed by atoms with van der Waals surface area (Å²) in [4.78, 5) is 2.30. The zero-order chi connectivity index (χ0) is 18.7. The maximum absolute atomic E-state index is 5.30. The quantitative estimate of drug-likeness (QED) is 0.288. The van der Waals surface area contributed by atoms with Crippen molar-refractivity contribution in [2.75, 3.05) is 4.90 Å². The molecule has 0 aliphatic heterocycles. The number of unbranched alkanes of at least 4 members (excludes halogenated alkanes) is 4. The van der Waals surface area contributed by atoms with Crippen molar-refractivity contribution < 1.29 is 0 Å². The van der Waals surface area contributed by atoms with Gasteiger partial charge in [0.25, 0.3) is 0 Å². The molecule has 0 N–H and O–H groups in total. The van der Waals surface area contributed by atoms with Crippen molar-refractivity contribution in [3.8, 4) is 12.3 Å². The van der Waals surface area contributed by atoms with Crippen molar-refractivity contribution in [3.05, 3.63) is 90.5 Å². The lowest BCUT2D eigenvalue weighted by molar-refractivity contribution is 0.650. The van der Waals surface area contributed by atoms with Gasteiger partial charge in [0.05, 0.1) is 0 Å². The molecular weight excluding hydrogens is 326 g/mol. The molecule has 0 saturated carbocycles. The van der Waals surface area contributed by atoms with Crippen LogP contribution in [0.25, 0.3) is 0 Å². The van der Waals surface area contributed by atoms with Gasteiger partial charge >= 0.3 is 0 Å². The molecule has 136 valence electrons. The van der Waals surface area contributed by atoms with Gasteiger partial charge in [-0.15, -0.1) is 12.3 Å². The monoisotopic (exact) mass is 353 g/mol. The first-order chi connectivity index (χ1) is 13.4. The van der Waals surface area contributed by atoms with Crippen LogP contribution in [0.2, 0.25) is 0 Å². The van der Waals surface area contributed by atoms with Gasteiger partial charge in [-0.25, -0.2) is 0 Å². The van der Waals surface area contributed by atoms with Crippen LogP contribution in [0.1, 0.15) is 37.7 Å². The predicted molar refractivity (Wildman–Crippen MR) is 117 cm³/mol. The molecule has 0 heterocycles. The highest BCUT2D eigenvalue weighted by molar-refractivity contribution is 5.76. The van der Waals surface area contributed by atoms with E-state index in [9.17, 15) is 0 Å². The Labute approximate surface area is 163 Å². The first-order valence-electron chi connectivity index (χ1n) is 9.81. The molecular formula is C26H27N. The lowest BCUT2D eigenvalue weighted by atomic mass is 10.0. The zero-order valence-corrected chi connectivity index (χ0v) is 15.9. The third-order valence-electron chi connectivity index (χ3n) is 4.76. The molecule has 0 amide bonds. The minimum atomic E-state index is 0.906. The summed E-state index contributed by atoms with van der Waals surface area (Å²) in [7, 11) is 0. The Balaban J connectivity index is 1.70. The number of para-hydroxylation sites is 2. The van der Waals surface area contributed by atoms with Crippen LogP contribution in [0.15, 0.2) is 84.9 Å². The number of rotatable bonds is 9. The van der Waals surface area contributed by atoms with E-state index < -0.39 is 0 Å². The highest BCUT2D eigenvalue weighted by Crippen LogP contribution is 2.34. The molecule has 3 rings (SSSR count). The van der Waals surface area contributed by atoms with Crippen molar-refractivity contribution in [1.82, 2.24) is 0 Å². The zero-order valence-electron chi connectivity index (χ0n) is 15.9. The summed E-state index contributed by atoms with van der Waals surface area (Å²) < 4.78 is 0. The fourth-order valence-corrected chi connectivity index (χ4v) is 3.32. The van der Waals surface area contributed by atoms with Crippen LogP contribution < -0.4 is 4.90 Å². The molecule has 0 unspecified atom stereocenters. The smallest absolute Gasteiger partial charge is 0.0461 e. The predicted octanol–water partition coefficient (Wildman–Crippen LogP) is 7.28. The molecule has 3 aromatic carbocycles. The van der Waals surface area contributed by atoms with Crippen LogP contribution in [0, 0.1) is 12.3 Å². The second kappa shape index (κ2) is 10.2. The Kier molecular flexibility index (Phi) is 7.13. The molecule has 27 heavy (non-hydrogen) atoms. The van der Waals surface area contributed by atoms with Crippen LogP contribution in [-0.2, 0) is 6.42 Å². The average Bonchev–Trinajstić information content (AvgIpc) is 2.73. The van der Waals surface area contributed by atoms with E-state index in [4.69, 9.17) is 6.42 Å². The van der Waals surface area contributed by atoms with Gasteiger partial charge in [0.15, 0.2) is 0 Å². The molecule has 0 spiro atoms. The summed E-state index contributed by atoms with van der Waals surface area (Å²) in [5.74, 6) is 2.72. The molecule has 0 bridgehead atoms. The van der Waals surface area contributed by atoms with Crippen molar-refractivity contribution in [3.63, 3.8) is 0 Å². The Morgan fingerprint density at radius 1 is 0.593 bits per heavy atom. The number of nitrogens with zero attached hydrogens (tertiary/aromatic N) is 1. The first kappa shape index (κ1) is 18.8. The van der Waals surface area contributed by atoms with E-state index in [-0.39, 0.29) is 0 Å². The molecule has 0 radical (unpaired) electrons. The van der Waals surface area contributed by atoms with E-state index >= 15 is 0 Å². The van der Waals surface area contributed by atoms with Crippen LogP contribution in [0.4, 0.5) is 17.1 Å². The van der Waals surface area contributed by atoms with Gasteiger partial charge < -0.3 is 4.90 Å². The van der Waals surface area contributed by atoms with Gasteiger partial charge in [0, 0.05) is 23.5 Å². The maximum atomic E-state index is 5.30. The SMILES string of the molecule is C#CCCCCCCc1ccc(N(c2ccccc2)c2ccccc2)cc1. The van der Waals surface area contributed by atoms with E-state index in [0.717, 1.165) is 19.3 Å². The fraction of sp³-hybridized carbons (Fsp3) is 0.231. The molecule has 3 aromatic rings. The second-order valence-corrected chi connectivity index (χ2v) is 6.79. The van der Waals surface area contributed by atoms with Crippen LogP contribution >= 0.6 is 0 Å². The minimum absolute atomic E-state index is 0.906. The summed E-state index contributed by atoms with van der Waals surface area (Å²) in [6, 6.07) is 30.0. The molecule has 0 aliphatic rings. The molecule has 0 aliphatic carbocycles. The number of anilines is 3. The number of aryl methyl sites for hydroxylation is 1. The Morgan fingerprint density at radius 2 is 1.11 bits per heavy atom. The average molecular weight is 354 g/mol. The van der Waals surface area contributed by atoms with Crippen molar-refractivity contribution in [2.45, 2.75) is 38.5 Å². The number of terminal acetylenes is 1. The van der Waals surface area contributed by atoms with Crippen molar-refractivity contribution in [2.24, 2.45) is 0 Å². The third kappa shape index (κ3) is 5.50. The van der Waals surface area contributed by atoms with E-state index in [1.165, 1.54) is 41.9 Å². The fourth-order valence-electron chi connectivity index (χ4n) is 3.32. The number of benzene rings is 3. The van der Waals surface area contributed by atoms with Gasteiger partial charge in [-0.05, 0) is 61.2 Å². The number of hydrogen-bond donors (Lipinski definition) is 0. The van der Waals surface area contributed by atoms with E-state index in [2.05, 4.69) is 95.7 Å². The summed E-state index contributed by atoms with van der Waals surface area (Å²) in [6.07, 6.45) is 12.2. The molecule has 0 fully saturated rings. The second-order valence-electron chi connectivity index (χ2n) is 6.79. The molecule has 0 saturated heterocycles. The van der Waals surface area contributed by atoms with Crippen molar-refractivity contribution >= 4 is 17.1 Å². The first-order valence-corrected chi connectivity index (χ1v) is 9.81. The topological polar surface area (TPSA) is 3.24 Å². The van der Waals surface area contributed by atoms with Gasteiger partial charge in [-0.2, -0.15) is 0 Å². The molecule has 1 heteroatoms. The lowest BCUT2D eigenvalue weighted by Crippen LogP contribution is -2.09. The number of hydrogen-bond acceptors (Lipinski definition) is 1. The standard InChI is InChI=1S/C26H27N/c1-2-3-4-5-6-9-14-23-19-21-26(22-20-23)27(24-15-10-7-11-16-24)25-17-12-8-13-18-25/h1,7-8,10-13,15-22H,3-6,9,14H2. The summed E-state index contributed by atoms with van der Waals surface area (Å²) in [5.41, 5.74) is 4.93. The Hall–Kier alpha value is -2.98. The largest absolute Gasteiger partial charge is 0.311 e. The highest BCUT2D eigenvalue weighted by Gasteiger charge is 2.11. The van der Waals surface area contributed by atoms with Crippen LogP contribution in [0.3, 0.4) is 0 Å².